The summed E-state index contributed by atoms with van der Waals surface area (Å²) in [5.74, 6) is -0.244. The van der Waals surface area contributed by atoms with Gasteiger partial charge in [0.25, 0.3) is 5.56 Å². The molecule has 0 atom stereocenters. The van der Waals surface area contributed by atoms with Crippen LogP contribution < -0.4 is 11.3 Å². The van der Waals surface area contributed by atoms with Gasteiger partial charge in [0.05, 0.1) is 18.1 Å². The van der Waals surface area contributed by atoms with Gasteiger partial charge in [-0.15, -0.1) is 11.3 Å². The zero-order chi connectivity index (χ0) is 18.2. The predicted octanol–water partition coefficient (Wildman–Crippen LogP) is 0.675. The summed E-state index contributed by atoms with van der Waals surface area (Å²) in [7, 11) is 3.13. The number of carbonyl (C=O) groups is 1. The Labute approximate surface area is 149 Å². The van der Waals surface area contributed by atoms with Crippen molar-refractivity contribution < 1.29 is 14.3 Å². The summed E-state index contributed by atoms with van der Waals surface area (Å²) < 4.78 is 11.2. The van der Waals surface area contributed by atoms with Crippen molar-refractivity contribution in [2.45, 2.75) is 6.54 Å². The molecule has 8 nitrogen and oxygen atoms in total. The summed E-state index contributed by atoms with van der Waals surface area (Å²) in [5.41, 5.74) is 5.96. The summed E-state index contributed by atoms with van der Waals surface area (Å²) in [5, 5.41) is 6.19. The van der Waals surface area contributed by atoms with E-state index in [-0.39, 0.29) is 18.1 Å². The number of thiophene rings is 1. The van der Waals surface area contributed by atoms with Crippen LogP contribution in [0.15, 0.2) is 28.4 Å². The van der Waals surface area contributed by atoms with Crippen LogP contribution in [-0.4, -0.2) is 61.1 Å². The van der Waals surface area contributed by atoms with Crippen LogP contribution in [0.4, 0.5) is 5.69 Å². The average Bonchev–Trinajstić information content (AvgIpc) is 3.13. The lowest BCUT2D eigenvalue weighted by molar-refractivity contribution is -0.133. The zero-order valence-electron chi connectivity index (χ0n) is 14.3. The second kappa shape index (κ2) is 9.30. The van der Waals surface area contributed by atoms with Crippen molar-refractivity contribution >= 4 is 22.9 Å². The maximum absolute atomic E-state index is 12.6. The van der Waals surface area contributed by atoms with Crippen LogP contribution in [0.1, 0.15) is 0 Å². The highest BCUT2D eigenvalue weighted by Crippen LogP contribution is 2.22. The standard InChI is InChI=1S/C16H22N4O4S/c1-23-7-5-19(6-8-24-2)15(21)11-20-16(22)12(17)10-13(18-20)14-4-3-9-25-14/h3-4,9-10H,5-8,11,17H2,1-2H3. The Hall–Kier alpha value is -2.23. The van der Waals surface area contributed by atoms with E-state index in [0.29, 0.717) is 32.0 Å². The van der Waals surface area contributed by atoms with Crippen molar-refractivity contribution in [2.24, 2.45) is 0 Å². The lowest BCUT2D eigenvalue weighted by atomic mass is 10.3. The summed E-state index contributed by atoms with van der Waals surface area (Å²) in [6.07, 6.45) is 0. The highest BCUT2D eigenvalue weighted by atomic mass is 32.1. The van der Waals surface area contributed by atoms with Gasteiger partial charge in [0.15, 0.2) is 0 Å². The van der Waals surface area contributed by atoms with Crippen molar-refractivity contribution in [3.63, 3.8) is 0 Å². The Kier molecular flexibility index (Phi) is 7.11. The van der Waals surface area contributed by atoms with Gasteiger partial charge in [-0.1, -0.05) is 6.07 Å². The topological polar surface area (TPSA) is 99.7 Å². The molecule has 0 aliphatic carbocycles. The summed E-state index contributed by atoms with van der Waals surface area (Å²) in [4.78, 5) is 27.3. The summed E-state index contributed by atoms with van der Waals surface area (Å²) >= 11 is 1.48. The highest BCUT2D eigenvalue weighted by Gasteiger charge is 2.17. The van der Waals surface area contributed by atoms with Gasteiger partial charge < -0.3 is 20.1 Å². The Morgan fingerprint density at radius 2 is 2.00 bits per heavy atom. The molecule has 9 heteroatoms. The van der Waals surface area contributed by atoms with Crippen LogP contribution in [0.2, 0.25) is 0 Å². The molecule has 2 aromatic rings. The van der Waals surface area contributed by atoms with E-state index in [9.17, 15) is 9.59 Å². The molecule has 0 aromatic carbocycles. The number of nitrogens with zero attached hydrogens (tertiary/aromatic N) is 3. The van der Waals surface area contributed by atoms with Crippen LogP contribution in [0.25, 0.3) is 10.6 Å². The molecule has 2 aromatic heterocycles. The Morgan fingerprint density at radius 3 is 2.56 bits per heavy atom. The largest absolute Gasteiger partial charge is 0.394 e. The number of aromatic nitrogens is 2. The van der Waals surface area contributed by atoms with Crippen molar-refractivity contribution in [1.29, 1.82) is 0 Å². The van der Waals surface area contributed by atoms with E-state index < -0.39 is 5.56 Å². The average molecular weight is 366 g/mol. The molecule has 0 saturated heterocycles. The molecular formula is C16H22N4O4S. The predicted molar refractivity (Wildman–Crippen MR) is 96.6 cm³/mol. The fraction of sp³-hybridized carbons (Fsp3) is 0.438. The summed E-state index contributed by atoms with van der Waals surface area (Å²) in [6.45, 7) is 1.43. The fourth-order valence-electron chi connectivity index (χ4n) is 2.21. The minimum absolute atomic E-state index is 0.0616. The van der Waals surface area contributed by atoms with Crippen LogP contribution in [0.5, 0.6) is 0 Å². The molecule has 2 N–H and O–H groups in total. The first-order valence-electron chi connectivity index (χ1n) is 7.74. The van der Waals surface area contributed by atoms with Gasteiger partial charge in [0, 0.05) is 27.3 Å². The third-order valence-corrected chi connectivity index (χ3v) is 4.44. The van der Waals surface area contributed by atoms with Crippen molar-refractivity contribution in [3.05, 3.63) is 33.9 Å². The Balaban J connectivity index is 2.22. The molecule has 2 heterocycles. The smallest absolute Gasteiger partial charge is 0.290 e. The Morgan fingerprint density at radius 1 is 1.32 bits per heavy atom. The van der Waals surface area contributed by atoms with Gasteiger partial charge in [-0.25, -0.2) is 4.68 Å². The van der Waals surface area contributed by atoms with E-state index in [4.69, 9.17) is 15.2 Å². The molecule has 0 aliphatic rings. The number of methoxy groups -OCH3 is 2. The van der Waals surface area contributed by atoms with Crippen molar-refractivity contribution in [2.75, 3.05) is 46.3 Å². The molecule has 0 radical (unpaired) electrons. The number of amides is 1. The van der Waals surface area contributed by atoms with Gasteiger partial charge in [0.2, 0.25) is 5.91 Å². The van der Waals surface area contributed by atoms with Gasteiger partial charge in [-0.05, 0) is 17.5 Å². The molecule has 0 saturated carbocycles. The number of nitrogens with two attached hydrogens (primary N) is 1. The lowest BCUT2D eigenvalue weighted by Crippen LogP contribution is -2.41. The number of hydrogen-bond acceptors (Lipinski definition) is 7. The lowest BCUT2D eigenvalue weighted by Gasteiger charge is -2.22. The quantitative estimate of drug-likeness (QED) is 0.700. The molecule has 0 fully saturated rings. The first kappa shape index (κ1) is 19.1. The maximum Gasteiger partial charge on any atom is 0.290 e. The highest BCUT2D eigenvalue weighted by molar-refractivity contribution is 7.13. The van der Waals surface area contributed by atoms with E-state index in [0.717, 1.165) is 9.56 Å². The minimum atomic E-state index is -0.480. The number of hydrogen-bond donors (Lipinski definition) is 1. The molecule has 0 aliphatic heterocycles. The maximum atomic E-state index is 12.6. The van der Waals surface area contributed by atoms with Crippen molar-refractivity contribution in [3.8, 4) is 10.6 Å². The first-order chi connectivity index (χ1) is 12.1. The molecule has 136 valence electrons. The van der Waals surface area contributed by atoms with E-state index in [1.54, 1.807) is 19.1 Å². The normalized spacial score (nSPS) is 10.8. The van der Waals surface area contributed by atoms with Gasteiger partial charge >= 0.3 is 0 Å². The van der Waals surface area contributed by atoms with E-state index in [2.05, 4.69) is 5.10 Å². The van der Waals surface area contributed by atoms with Gasteiger partial charge in [-0.3, -0.25) is 9.59 Å². The van der Waals surface area contributed by atoms with Crippen LogP contribution in [0.3, 0.4) is 0 Å². The summed E-state index contributed by atoms with van der Waals surface area (Å²) in [6, 6.07) is 5.30. The molecular weight excluding hydrogens is 344 g/mol. The van der Waals surface area contributed by atoms with Crippen molar-refractivity contribution in [1.82, 2.24) is 14.7 Å². The zero-order valence-corrected chi connectivity index (χ0v) is 15.1. The van der Waals surface area contributed by atoms with Crippen LogP contribution >= 0.6 is 11.3 Å². The molecule has 0 spiro atoms. The third-order valence-electron chi connectivity index (χ3n) is 3.54. The Bertz CT molecular complexity index is 737. The number of anilines is 1. The van der Waals surface area contributed by atoms with Crippen LogP contribution in [-0.2, 0) is 20.8 Å². The molecule has 25 heavy (non-hydrogen) atoms. The fourth-order valence-corrected chi connectivity index (χ4v) is 2.89. The number of ether oxygens (including phenoxy) is 2. The van der Waals surface area contributed by atoms with E-state index >= 15 is 0 Å². The first-order valence-corrected chi connectivity index (χ1v) is 8.62. The molecule has 2 rings (SSSR count). The molecule has 1 amide bonds. The van der Waals surface area contributed by atoms with Gasteiger partial charge in [0.1, 0.15) is 17.9 Å². The number of carbonyl (C=O) groups excluding carboxylic acids is 1. The second-order valence-electron chi connectivity index (χ2n) is 5.29. The third kappa shape index (κ3) is 5.12. The van der Waals surface area contributed by atoms with Crippen LogP contribution in [0, 0.1) is 0 Å². The monoisotopic (exact) mass is 366 g/mol. The number of nitrogen functional groups attached to an aromatic ring is 1. The minimum Gasteiger partial charge on any atom is -0.394 e. The SMILES string of the molecule is COCCN(CCOC)C(=O)Cn1nc(-c2cccs2)cc(N)c1=O. The van der Waals surface area contributed by atoms with Gasteiger partial charge in [-0.2, -0.15) is 5.10 Å². The molecule has 0 unspecified atom stereocenters. The molecule has 0 bridgehead atoms. The van der Waals surface area contributed by atoms with E-state index in [1.165, 1.54) is 17.4 Å². The number of rotatable bonds is 9. The second-order valence-corrected chi connectivity index (χ2v) is 6.24. The van der Waals surface area contributed by atoms with E-state index in [1.807, 2.05) is 17.5 Å².